The number of benzene rings is 1. The minimum atomic E-state index is -4.66. The van der Waals surface area contributed by atoms with Crippen LogP contribution in [0.5, 0.6) is 0 Å². The number of ether oxygens (including phenoxy) is 1. The number of carbonyl (C=O) groups is 2. The summed E-state index contributed by atoms with van der Waals surface area (Å²) in [6.07, 6.45) is -4.66. The number of rotatable bonds is 3. The summed E-state index contributed by atoms with van der Waals surface area (Å²) in [5.74, 6) is -1.75. The van der Waals surface area contributed by atoms with Gasteiger partial charge in [0.25, 0.3) is 5.91 Å². The van der Waals surface area contributed by atoms with E-state index < -0.39 is 35.7 Å². The van der Waals surface area contributed by atoms with Crippen LogP contribution in [0.3, 0.4) is 0 Å². The number of esters is 1. The van der Waals surface area contributed by atoms with Gasteiger partial charge in [0.05, 0.1) is 18.2 Å². The lowest BCUT2D eigenvalue weighted by atomic mass is 10.1. The van der Waals surface area contributed by atoms with Crippen molar-refractivity contribution in [2.24, 2.45) is 0 Å². The number of hydrogen-bond acceptors (Lipinski definition) is 3. The average molecular weight is 340 g/mol. The second-order valence-corrected chi connectivity index (χ2v) is 4.36. The van der Waals surface area contributed by atoms with Crippen LogP contribution in [0.15, 0.2) is 22.7 Å². The van der Waals surface area contributed by atoms with Gasteiger partial charge in [-0.25, -0.2) is 0 Å². The average Bonchev–Trinajstić information content (AvgIpc) is 2.34. The van der Waals surface area contributed by atoms with Gasteiger partial charge in [0, 0.05) is 4.47 Å². The maximum atomic E-state index is 12.8. The molecule has 1 N–H and O–H groups in total. The normalized spacial score (nSPS) is 11.0. The Balaban J connectivity index is 3.00. The molecule has 0 saturated carbocycles. The van der Waals surface area contributed by atoms with Crippen molar-refractivity contribution in [1.82, 2.24) is 5.32 Å². The third-order valence-corrected chi connectivity index (χ3v) is 2.65. The van der Waals surface area contributed by atoms with E-state index in [1.807, 2.05) is 0 Å². The van der Waals surface area contributed by atoms with E-state index in [4.69, 9.17) is 0 Å². The standard InChI is InChI=1S/C11H9BrF3NO3/c1-19-9(17)5-16-10(18)7-3-2-6(12)4-8(7)11(13,14)15/h2-4H,5H2,1H3,(H,16,18). The fourth-order valence-electron chi connectivity index (χ4n) is 1.27. The van der Waals surface area contributed by atoms with E-state index >= 15 is 0 Å². The van der Waals surface area contributed by atoms with Crippen molar-refractivity contribution in [1.29, 1.82) is 0 Å². The van der Waals surface area contributed by atoms with Gasteiger partial charge in [-0.1, -0.05) is 15.9 Å². The molecule has 0 spiro atoms. The molecule has 1 rings (SSSR count). The molecule has 1 aromatic carbocycles. The summed E-state index contributed by atoms with van der Waals surface area (Å²) in [5.41, 5.74) is -1.64. The van der Waals surface area contributed by atoms with Crippen LogP contribution in [0, 0.1) is 0 Å². The lowest BCUT2D eigenvalue weighted by Crippen LogP contribution is -2.31. The van der Waals surface area contributed by atoms with Gasteiger partial charge in [0.15, 0.2) is 0 Å². The van der Waals surface area contributed by atoms with E-state index in [-0.39, 0.29) is 4.47 Å². The van der Waals surface area contributed by atoms with Crippen LogP contribution in [0.4, 0.5) is 13.2 Å². The maximum absolute atomic E-state index is 12.8. The van der Waals surface area contributed by atoms with Gasteiger partial charge in [-0.2, -0.15) is 13.2 Å². The third-order valence-electron chi connectivity index (χ3n) is 2.15. The van der Waals surface area contributed by atoms with E-state index in [2.05, 4.69) is 26.0 Å². The van der Waals surface area contributed by atoms with Crippen molar-refractivity contribution >= 4 is 27.8 Å². The Bertz CT molecular complexity index is 502. The molecule has 0 atom stereocenters. The molecule has 0 aliphatic heterocycles. The van der Waals surface area contributed by atoms with Crippen LogP contribution in [-0.4, -0.2) is 25.5 Å². The zero-order valence-electron chi connectivity index (χ0n) is 9.68. The van der Waals surface area contributed by atoms with Crippen molar-refractivity contribution in [3.8, 4) is 0 Å². The Morgan fingerprint density at radius 3 is 2.53 bits per heavy atom. The lowest BCUT2D eigenvalue weighted by molar-refractivity contribution is -0.139. The number of amides is 1. The number of carbonyl (C=O) groups excluding carboxylic acids is 2. The lowest BCUT2D eigenvalue weighted by Gasteiger charge is -2.13. The largest absolute Gasteiger partial charge is 0.468 e. The predicted octanol–water partition coefficient (Wildman–Crippen LogP) is 2.37. The highest BCUT2D eigenvalue weighted by Gasteiger charge is 2.35. The summed E-state index contributed by atoms with van der Waals surface area (Å²) in [5, 5.41) is 2.05. The Labute approximate surface area is 115 Å². The quantitative estimate of drug-likeness (QED) is 0.860. The molecule has 8 heteroatoms. The molecule has 4 nitrogen and oxygen atoms in total. The molecule has 0 aliphatic carbocycles. The molecule has 1 aromatic rings. The summed E-state index contributed by atoms with van der Waals surface area (Å²) in [6.45, 7) is -0.497. The molecule has 0 aromatic heterocycles. The number of halogens is 4. The van der Waals surface area contributed by atoms with Gasteiger partial charge in [-0.15, -0.1) is 0 Å². The number of alkyl halides is 3. The summed E-state index contributed by atoms with van der Waals surface area (Å²) < 4.78 is 42.8. The SMILES string of the molecule is COC(=O)CNC(=O)c1ccc(Br)cc1C(F)(F)F. The molecule has 0 unspecified atom stereocenters. The fraction of sp³-hybridized carbons (Fsp3) is 0.273. The minimum absolute atomic E-state index is 0.198. The fourth-order valence-corrected chi connectivity index (χ4v) is 1.63. The Morgan fingerprint density at radius 1 is 1.37 bits per heavy atom. The molecule has 0 saturated heterocycles. The summed E-state index contributed by atoms with van der Waals surface area (Å²) in [7, 11) is 1.11. The minimum Gasteiger partial charge on any atom is -0.468 e. The van der Waals surface area contributed by atoms with Crippen LogP contribution in [0.25, 0.3) is 0 Å². The van der Waals surface area contributed by atoms with Crippen molar-refractivity contribution < 1.29 is 27.5 Å². The Morgan fingerprint density at radius 2 is 2.00 bits per heavy atom. The summed E-state index contributed by atoms with van der Waals surface area (Å²) in [6, 6.07) is 3.13. The first-order valence-electron chi connectivity index (χ1n) is 4.97. The van der Waals surface area contributed by atoms with Crippen LogP contribution < -0.4 is 5.32 Å². The zero-order valence-corrected chi connectivity index (χ0v) is 11.3. The first-order valence-corrected chi connectivity index (χ1v) is 5.76. The third kappa shape index (κ3) is 4.23. The van der Waals surface area contributed by atoms with E-state index in [1.54, 1.807) is 0 Å². The smallest absolute Gasteiger partial charge is 0.417 e. The molecule has 0 radical (unpaired) electrons. The van der Waals surface area contributed by atoms with Gasteiger partial charge >= 0.3 is 12.1 Å². The molecule has 1 amide bonds. The first kappa shape index (κ1) is 15.5. The second kappa shape index (κ2) is 6.05. The molecule has 0 bridgehead atoms. The van der Waals surface area contributed by atoms with Crippen LogP contribution in [-0.2, 0) is 15.7 Å². The van der Waals surface area contributed by atoms with Crippen LogP contribution >= 0.6 is 15.9 Å². The number of methoxy groups -OCH3 is 1. The van der Waals surface area contributed by atoms with Crippen molar-refractivity contribution in [2.75, 3.05) is 13.7 Å². The highest BCUT2D eigenvalue weighted by atomic mass is 79.9. The number of hydrogen-bond donors (Lipinski definition) is 1. The van der Waals surface area contributed by atoms with E-state index in [1.165, 1.54) is 6.07 Å². The van der Waals surface area contributed by atoms with Crippen molar-refractivity contribution in [3.05, 3.63) is 33.8 Å². The molecular weight excluding hydrogens is 331 g/mol. The van der Waals surface area contributed by atoms with Crippen LogP contribution in [0.2, 0.25) is 0 Å². The van der Waals surface area contributed by atoms with E-state index in [9.17, 15) is 22.8 Å². The highest BCUT2D eigenvalue weighted by molar-refractivity contribution is 9.10. The molecule has 0 aliphatic rings. The molecule has 0 heterocycles. The van der Waals surface area contributed by atoms with Crippen LogP contribution in [0.1, 0.15) is 15.9 Å². The van der Waals surface area contributed by atoms with Gasteiger partial charge in [0.2, 0.25) is 0 Å². The molecule has 0 fully saturated rings. The Hall–Kier alpha value is -1.57. The number of nitrogens with one attached hydrogen (secondary N) is 1. The molecule has 104 valence electrons. The molecule has 19 heavy (non-hydrogen) atoms. The van der Waals surface area contributed by atoms with E-state index in [0.29, 0.717) is 0 Å². The first-order chi connectivity index (χ1) is 8.75. The van der Waals surface area contributed by atoms with Crippen molar-refractivity contribution in [3.63, 3.8) is 0 Å². The molecular formula is C11H9BrF3NO3. The Kier molecular flexibility index (Phi) is 4.93. The topological polar surface area (TPSA) is 55.4 Å². The second-order valence-electron chi connectivity index (χ2n) is 3.45. The predicted molar refractivity (Wildman–Crippen MR) is 63.5 cm³/mol. The van der Waals surface area contributed by atoms with Gasteiger partial charge in [-0.05, 0) is 18.2 Å². The monoisotopic (exact) mass is 339 g/mol. The zero-order chi connectivity index (χ0) is 14.6. The highest BCUT2D eigenvalue weighted by Crippen LogP contribution is 2.33. The summed E-state index contributed by atoms with van der Waals surface area (Å²) >= 11 is 2.91. The van der Waals surface area contributed by atoms with Gasteiger partial charge in [0.1, 0.15) is 6.54 Å². The van der Waals surface area contributed by atoms with Gasteiger partial charge in [-0.3, -0.25) is 9.59 Å². The summed E-state index contributed by atoms with van der Waals surface area (Å²) in [4.78, 5) is 22.4. The maximum Gasteiger partial charge on any atom is 0.417 e. The van der Waals surface area contributed by atoms with Crippen molar-refractivity contribution in [2.45, 2.75) is 6.18 Å². The van der Waals surface area contributed by atoms with Gasteiger partial charge < -0.3 is 10.1 Å². The van der Waals surface area contributed by atoms with E-state index in [0.717, 1.165) is 19.2 Å².